The number of anilines is 2. The second kappa shape index (κ2) is 9.45. The zero-order chi connectivity index (χ0) is 17.2. The molecule has 0 saturated heterocycles. The van der Waals surface area contributed by atoms with E-state index >= 15 is 0 Å². The smallest absolute Gasteiger partial charge is 0.243 e. The Labute approximate surface area is 143 Å². The molecule has 0 bridgehead atoms. The van der Waals surface area contributed by atoms with Crippen LogP contribution in [-0.4, -0.2) is 26.2 Å². The van der Waals surface area contributed by atoms with Gasteiger partial charge in [0.25, 0.3) is 0 Å². The second-order valence-corrected chi connectivity index (χ2v) is 5.33. The van der Waals surface area contributed by atoms with Crippen molar-refractivity contribution in [3.8, 4) is 11.5 Å². The Hall–Kier alpha value is -2.69. The first-order valence-corrected chi connectivity index (χ1v) is 8.12. The summed E-state index contributed by atoms with van der Waals surface area (Å²) in [6.07, 6.45) is 2.13. The molecule has 0 aromatic heterocycles. The molecule has 2 rings (SSSR count). The molecule has 24 heavy (non-hydrogen) atoms. The summed E-state index contributed by atoms with van der Waals surface area (Å²) < 4.78 is 10.9. The SMILES string of the molecule is CCCCOc1cccc(NCC(=O)Nc2ccccc2OC)c1. The van der Waals surface area contributed by atoms with Crippen LogP contribution >= 0.6 is 0 Å². The lowest BCUT2D eigenvalue weighted by atomic mass is 10.3. The van der Waals surface area contributed by atoms with E-state index in [2.05, 4.69) is 17.6 Å². The van der Waals surface area contributed by atoms with Crippen molar-refractivity contribution in [2.45, 2.75) is 19.8 Å². The molecule has 1 amide bonds. The fourth-order valence-electron chi connectivity index (χ4n) is 2.15. The molecule has 0 heterocycles. The van der Waals surface area contributed by atoms with Gasteiger partial charge in [-0.1, -0.05) is 31.5 Å². The van der Waals surface area contributed by atoms with E-state index in [9.17, 15) is 4.79 Å². The number of carbonyl (C=O) groups excluding carboxylic acids is 1. The lowest BCUT2D eigenvalue weighted by Crippen LogP contribution is -2.22. The number of hydrogen-bond donors (Lipinski definition) is 2. The number of rotatable bonds is 9. The molecule has 0 spiro atoms. The highest BCUT2D eigenvalue weighted by molar-refractivity contribution is 5.95. The minimum Gasteiger partial charge on any atom is -0.495 e. The maximum absolute atomic E-state index is 12.1. The van der Waals surface area contributed by atoms with Crippen molar-refractivity contribution in [2.75, 3.05) is 30.9 Å². The van der Waals surface area contributed by atoms with E-state index < -0.39 is 0 Å². The van der Waals surface area contributed by atoms with Gasteiger partial charge in [0.05, 0.1) is 25.9 Å². The number of ether oxygens (including phenoxy) is 2. The fourth-order valence-corrected chi connectivity index (χ4v) is 2.15. The maximum atomic E-state index is 12.1. The summed E-state index contributed by atoms with van der Waals surface area (Å²) in [5.41, 5.74) is 1.50. The molecule has 2 aromatic rings. The molecule has 0 aliphatic heterocycles. The largest absolute Gasteiger partial charge is 0.495 e. The Bertz CT molecular complexity index is 659. The Kier molecular flexibility index (Phi) is 6.95. The van der Waals surface area contributed by atoms with Gasteiger partial charge < -0.3 is 20.1 Å². The molecular weight excluding hydrogens is 304 g/mol. The lowest BCUT2D eigenvalue weighted by molar-refractivity contribution is -0.114. The van der Waals surface area contributed by atoms with Crippen molar-refractivity contribution in [2.24, 2.45) is 0 Å². The predicted octanol–water partition coefficient (Wildman–Crippen LogP) is 3.92. The van der Waals surface area contributed by atoms with Crippen LogP contribution < -0.4 is 20.1 Å². The number of carbonyl (C=O) groups is 1. The maximum Gasteiger partial charge on any atom is 0.243 e. The highest BCUT2D eigenvalue weighted by Gasteiger charge is 2.07. The normalized spacial score (nSPS) is 10.1. The van der Waals surface area contributed by atoms with Crippen LogP contribution in [0.5, 0.6) is 11.5 Å². The zero-order valence-electron chi connectivity index (χ0n) is 14.2. The molecular formula is C19H24N2O3. The molecule has 0 aliphatic carbocycles. The highest BCUT2D eigenvalue weighted by Crippen LogP contribution is 2.23. The van der Waals surface area contributed by atoms with Crippen molar-refractivity contribution in [3.05, 3.63) is 48.5 Å². The first-order valence-electron chi connectivity index (χ1n) is 8.12. The van der Waals surface area contributed by atoms with E-state index in [4.69, 9.17) is 9.47 Å². The van der Waals surface area contributed by atoms with E-state index in [1.54, 1.807) is 19.2 Å². The van der Waals surface area contributed by atoms with Crippen molar-refractivity contribution >= 4 is 17.3 Å². The van der Waals surface area contributed by atoms with Gasteiger partial charge in [-0.05, 0) is 30.7 Å². The molecule has 2 N–H and O–H groups in total. The third-order valence-electron chi connectivity index (χ3n) is 3.43. The number of hydrogen-bond acceptors (Lipinski definition) is 4. The monoisotopic (exact) mass is 328 g/mol. The standard InChI is InChI=1S/C19H24N2O3/c1-3-4-12-24-16-9-7-8-15(13-16)20-14-19(22)21-17-10-5-6-11-18(17)23-2/h5-11,13,20H,3-4,12,14H2,1-2H3,(H,21,22). The molecule has 0 atom stereocenters. The van der Waals surface area contributed by atoms with Crippen LogP contribution in [0.15, 0.2) is 48.5 Å². The van der Waals surface area contributed by atoms with Gasteiger partial charge in [-0.3, -0.25) is 4.79 Å². The third kappa shape index (κ3) is 5.50. The van der Waals surface area contributed by atoms with Crippen LogP contribution in [0.1, 0.15) is 19.8 Å². The Morgan fingerprint density at radius 3 is 2.75 bits per heavy atom. The first kappa shape index (κ1) is 17.7. The van der Waals surface area contributed by atoms with Crippen molar-refractivity contribution in [3.63, 3.8) is 0 Å². The molecule has 5 nitrogen and oxygen atoms in total. The Morgan fingerprint density at radius 1 is 1.12 bits per heavy atom. The van der Waals surface area contributed by atoms with E-state index in [1.165, 1.54) is 0 Å². The molecule has 0 aliphatic rings. The van der Waals surface area contributed by atoms with Gasteiger partial charge in [0.2, 0.25) is 5.91 Å². The van der Waals surface area contributed by atoms with Crippen molar-refractivity contribution in [1.82, 2.24) is 0 Å². The van der Waals surface area contributed by atoms with E-state index in [0.29, 0.717) is 18.0 Å². The summed E-state index contributed by atoms with van der Waals surface area (Å²) in [5.74, 6) is 1.30. The van der Waals surface area contributed by atoms with Gasteiger partial charge in [-0.15, -0.1) is 0 Å². The molecule has 128 valence electrons. The van der Waals surface area contributed by atoms with Crippen LogP contribution in [0.3, 0.4) is 0 Å². The average Bonchev–Trinajstić information content (AvgIpc) is 2.61. The van der Waals surface area contributed by atoms with Gasteiger partial charge in [-0.2, -0.15) is 0 Å². The summed E-state index contributed by atoms with van der Waals surface area (Å²) in [4.78, 5) is 12.1. The molecule has 2 aromatic carbocycles. The average molecular weight is 328 g/mol. The fraction of sp³-hybridized carbons (Fsp3) is 0.316. The Balaban J connectivity index is 1.86. The summed E-state index contributed by atoms with van der Waals surface area (Å²) in [6.45, 7) is 2.99. The minimum absolute atomic E-state index is 0.142. The van der Waals surface area contributed by atoms with E-state index in [0.717, 1.165) is 24.3 Å². The van der Waals surface area contributed by atoms with Gasteiger partial charge in [0, 0.05) is 11.8 Å². The summed E-state index contributed by atoms with van der Waals surface area (Å²) in [5, 5.41) is 5.93. The lowest BCUT2D eigenvalue weighted by Gasteiger charge is -2.12. The number of benzene rings is 2. The Morgan fingerprint density at radius 2 is 1.96 bits per heavy atom. The summed E-state index contributed by atoms with van der Waals surface area (Å²) in [7, 11) is 1.58. The van der Waals surface area contributed by atoms with Crippen LogP contribution in [0.4, 0.5) is 11.4 Å². The van der Waals surface area contributed by atoms with Gasteiger partial charge in [0.1, 0.15) is 11.5 Å². The molecule has 5 heteroatoms. The van der Waals surface area contributed by atoms with Crippen LogP contribution in [-0.2, 0) is 4.79 Å². The number of para-hydroxylation sites is 2. The molecule has 0 fully saturated rings. The number of amides is 1. The second-order valence-electron chi connectivity index (χ2n) is 5.33. The van der Waals surface area contributed by atoms with Gasteiger partial charge in [0.15, 0.2) is 0 Å². The van der Waals surface area contributed by atoms with Crippen LogP contribution in [0.25, 0.3) is 0 Å². The van der Waals surface area contributed by atoms with Crippen molar-refractivity contribution in [1.29, 1.82) is 0 Å². The quantitative estimate of drug-likeness (QED) is 0.685. The van der Waals surface area contributed by atoms with Gasteiger partial charge >= 0.3 is 0 Å². The number of methoxy groups -OCH3 is 1. The summed E-state index contributed by atoms with van der Waals surface area (Å²) in [6, 6.07) is 14.9. The minimum atomic E-state index is -0.142. The molecule has 0 radical (unpaired) electrons. The van der Waals surface area contributed by atoms with Crippen molar-refractivity contribution < 1.29 is 14.3 Å². The van der Waals surface area contributed by atoms with Crippen LogP contribution in [0, 0.1) is 0 Å². The first-order chi connectivity index (χ1) is 11.7. The topological polar surface area (TPSA) is 59.6 Å². The zero-order valence-corrected chi connectivity index (χ0v) is 14.2. The number of unbranched alkanes of at least 4 members (excludes halogenated alkanes) is 1. The predicted molar refractivity (Wildman–Crippen MR) is 97.0 cm³/mol. The molecule has 0 saturated carbocycles. The summed E-state index contributed by atoms with van der Waals surface area (Å²) >= 11 is 0. The van der Waals surface area contributed by atoms with Gasteiger partial charge in [-0.25, -0.2) is 0 Å². The van der Waals surface area contributed by atoms with Crippen LogP contribution in [0.2, 0.25) is 0 Å². The third-order valence-corrected chi connectivity index (χ3v) is 3.43. The van der Waals surface area contributed by atoms with E-state index in [-0.39, 0.29) is 12.5 Å². The number of nitrogens with one attached hydrogen (secondary N) is 2. The highest BCUT2D eigenvalue weighted by atomic mass is 16.5. The van der Waals surface area contributed by atoms with E-state index in [1.807, 2.05) is 36.4 Å². The molecule has 0 unspecified atom stereocenters.